The van der Waals surface area contributed by atoms with E-state index in [0.717, 1.165) is 38.9 Å². The monoisotopic (exact) mass is 315 g/mol. The molecule has 2 aromatic rings. The van der Waals surface area contributed by atoms with Gasteiger partial charge in [-0.1, -0.05) is 18.2 Å². The second-order valence-corrected chi connectivity index (χ2v) is 6.13. The summed E-state index contributed by atoms with van der Waals surface area (Å²) in [6.07, 6.45) is 4.48. The third-order valence-corrected chi connectivity index (χ3v) is 4.76. The maximum absolute atomic E-state index is 12.5. The number of hydrogen-bond donors (Lipinski definition) is 2. The van der Waals surface area contributed by atoms with Crippen molar-refractivity contribution >= 4 is 16.8 Å². The van der Waals surface area contributed by atoms with Gasteiger partial charge in [-0.2, -0.15) is 0 Å². The molecule has 1 aliphatic rings. The highest BCUT2D eigenvalue weighted by molar-refractivity contribution is 5.85. The molecule has 23 heavy (non-hydrogen) atoms. The lowest BCUT2D eigenvalue weighted by Gasteiger charge is -2.34. The Hall–Kier alpha value is -1.85. The van der Waals surface area contributed by atoms with Crippen LogP contribution >= 0.6 is 0 Å². The van der Waals surface area contributed by atoms with E-state index in [9.17, 15) is 4.79 Å². The molecule has 1 aromatic heterocycles. The van der Waals surface area contributed by atoms with Crippen molar-refractivity contribution in [3.63, 3.8) is 0 Å². The van der Waals surface area contributed by atoms with Crippen LogP contribution in [0.25, 0.3) is 10.9 Å². The minimum Gasteiger partial charge on any atom is -0.368 e. The molecule has 0 unspecified atom stereocenters. The van der Waals surface area contributed by atoms with Crippen molar-refractivity contribution in [2.75, 3.05) is 26.7 Å². The van der Waals surface area contributed by atoms with Gasteiger partial charge in [0.2, 0.25) is 0 Å². The van der Waals surface area contributed by atoms with Crippen molar-refractivity contribution in [1.82, 2.24) is 15.2 Å². The Kier molecular flexibility index (Phi) is 4.98. The third kappa shape index (κ3) is 3.41. The molecule has 1 saturated heterocycles. The van der Waals surface area contributed by atoms with Crippen molar-refractivity contribution in [3.05, 3.63) is 36.5 Å². The van der Waals surface area contributed by atoms with E-state index in [1.54, 1.807) is 7.11 Å². The number of para-hydroxylation sites is 1. The van der Waals surface area contributed by atoms with Gasteiger partial charge in [-0.15, -0.1) is 0 Å². The number of nitrogens with zero attached hydrogens (tertiary/aromatic N) is 1. The first-order valence-electron chi connectivity index (χ1n) is 8.33. The lowest BCUT2D eigenvalue weighted by atomic mass is 9.91. The van der Waals surface area contributed by atoms with Gasteiger partial charge < -0.3 is 19.9 Å². The first kappa shape index (κ1) is 16.0. The summed E-state index contributed by atoms with van der Waals surface area (Å²) in [5.41, 5.74) is 0.594. The number of amides is 1. The molecule has 2 heterocycles. The zero-order valence-corrected chi connectivity index (χ0v) is 13.7. The zero-order valence-electron chi connectivity index (χ0n) is 13.7. The van der Waals surface area contributed by atoms with Crippen molar-refractivity contribution in [3.8, 4) is 0 Å². The summed E-state index contributed by atoms with van der Waals surface area (Å²) >= 11 is 0. The van der Waals surface area contributed by atoms with E-state index >= 15 is 0 Å². The fraction of sp³-hybridized carbons (Fsp3) is 0.500. The molecule has 0 bridgehead atoms. The summed E-state index contributed by atoms with van der Waals surface area (Å²) in [6, 6.07) is 10.5. The van der Waals surface area contributed by atoms with E-state index in [1.807, 2.05) is 0 Å². The number of rotatable bonds is 6. The summed E-state index contributed by atoms with van der Waals surface area (Å²) in [4.78, 5) is 12.5. The van der Waals surface area contributed by atoms with E-state index in [4.69, 9.17) is 4.74 Å². The molecule has 5 heteroatoms. The third-order valence-electron chi connectivity index (χ3n) is 4.76. The Morgan fingerprint density at radius 2 is 2.09 bits per heavy atom. The summed E-state index contributed by atoms with van der Waals surface area (Å²) in [7, 11) is 1.64. The average molecular weight is 315 g/mol. The van der Waals surface area contributed by atoms with Gasteiger partial charge in [-0.05, 0) is 49.9 Å². The fourth-order valence-corrected chi connectivity index (χ4v) is 3.30. The summed E-state index contributed by atoms with van der Waals surface area (Å²) < 4.78 is 7.78. The fourth-order valence-electron chi connectivity index (χ4n) is 3.30. The van der Waals surface area contributed by atoms with Crippen molar-refractivity contribution < 1.29 is 9.53 Å². The Balaban J connectivity index is 1.50. The van der Waals surface area contributed by atoms with Gasteiger partial charge in [-0.25, -0.2) is 0 Å². The van der Waals surface area contributed by atoms with Gasteiger partial charge in [0.05, 0.1) is 0 Å². The first-order chi connectivity index (χ1) is 11.2. The highest BCUT2D eigenvalue weighted by Crippen LogP contribution is 2.22. The molecular weight excluding hydrogens is 290 g/mol. The predicted octanol–water partition coefficient (Wildman–Crippen LogP) is 1.92. The molecule has 0 saturated carbocycles. The lowest BCUT2D eigenvalue weighted by Crippen LogP contribution is -2.54. The average Bonchev–Trinajstić information content (AvgIpc) is 3.02. The molecule has 1 fully saturated rings. The molecule has 0 aliphatic carbocycles. The van der Waals surface area contributed by atoms with Gasteiger partial charge in [0.25, 0.3) is 5.91 Å². The van der Waals surface area contributed by atoms with Crippen LogP contribution in [-0.4, -0.2) is 42.8 Å². The molecule has 1 aliphatic heterocycles. The second-order valence-electron chi connectivity index (χ2n) is 6.13. The summed E-state index contributed by atoms with van der Waals surface area (Å²) in [6.45, 7) is 3.23. The van der Waals surface area contributed by atoms with Crippen LogP contribution in [0.3, 0.4) is 0 Å². The van der Waals surface area contributed by atoms with Crippen molar-refractivity contribution in [1.29, 1.82) is 0 Å². The van der Waals surface area contributed by atoms with Crippen LogP contribution in [0.5, 0.6) is 0 Å². The zero-order chi connectivity index (χ0) is 16.1. The number of aryl methyl sites for hydroxylation is 1. The van der Waals surface area contributed by atoms with E-state index in [2.05, 4.69) is 51.7 Å². The number of carbonyl (C=O) groups is 1. The lowest BCUT2D eigenvalue weighted by molar-refractivity contribution is -0.146. The predicted molar refractivity (Wildman–Crippen MR) is 91.4 cm³/mol. The minimum absolute atomic E-state index is 0.0267. The van der Waals surface area contributed by atoms with E-state index in [-0.39, 0.29) is 5.91 Å². The van der Waals surface area contributed by atoms with Crippen molar-refractivity contribution in [2.45, 2.75) is 31.4 Å². The van der Waals surface area contributed by atoms with Gasteiger partial charge in [0.15, 0.2) is 0 Å². The van der Waals surface area contributed by atoms with Crippen LogP contribution in [0, 0.1) is 0 Å². The largest absolute Gasteiger partial charge is 0.368 e. The van der Waals surface area contributed by atoms with Crippen molar-refractivity contribution in [2.24, 2.45) is 0 Å². The quantitative estimate of drug-likeness (QED) is 0.801. The SMILES string of the molecule is COC1(C(=O)NCCCn2ccc3ccccc32)CCNCC1. The number of ether oxygens (including phenoxy) is 1. The van der Waals surface area contributed by atoms with E-state index < -0.39 is 5.60 Å². The Labute approximate surface area is 137 Å². The van der Waals surface area contributed by atoms with Gasteiger partial charge in [-0.3, -0.25) is 4.79 Å². The van der Waals surface area contributed by atoms with Gasteiger partial charge in [0.1, 0.15) is 5.60 Å². The standard InChI is InChI=1S/C18H25N3O2/c1-23-18(8-11-19-12-9-18)17(22)20-10-4-13-21-14-7-15-5-2-3-6-16(15)21/h2-3,5-7,14,19H,4,8-13H2,1H3,(H,20,22). The van der Waals surface area contributed by atoms with Crippen LogP contribution in [0.2, 0.25) is 0 Å². The van der Waals surface area contributed by atoms with Crippen LogP contribution in [0.15, 0.2) is 36.5 Å². The molecule has 0 radical (unpaired) electrons. The highest BCUT2D eigenvalue weighted by atomic mass is 16.5. The van der Waals surface area contributed by atoms with E-state index in [1.165, 1.54) is 10.9 Å². The number of piperidine rings is 1. The summed E-state index contributed by atoms with van der Waals surface area (Å²) in [5, 5.41) is 7.57. The normalized spacial score (nSPS) is 17.3. The molecule has 1 amide bonds. The molecule has 3 rings (SSSR count). The Morgan fingerprint density at radius 3 is 2.87 bits per heavy atom. The van der Waals surface area contributed by atoms with Crippen LogP contribution in [0.1, 0.15) is 19.3 Å². The topological polar surface area (TPSA) is 55.3 Å². The molecular formula is C18H25N3O2. The highest BCUT2D eigenvalue weighted by Gasteiger charge is 2.39. The van der Waals surface area contributed by atoms with Crippen LogP contribution < -0.4 is 10.6 Å². The van der Waals surface area contributed by atoms with E-state index in [0.29, 0.717) is 6.54 Å². The molecule has 124 valence electrons. The molecule has 0 spiro atoms. The summed E-state index contributed by atoms with van der Waals surface area (Å²) in [5.74, 6) is 0.0267. The number of fused-ring (bicyclic) bond motifs is 1. The first-order valence-corrected chi connectivity index (χ1v) is 8.33. The number of nitrogens with one attached hydrogen (secondary N) is 2. The molecule has 5 nitrogen and oxygen atoms in total. The number of aromatic nitrogens is 1. The number of hydrogen-bond acceptors (Lipinski definition) is 3. The number of benzene rings is 1. The molecule has 0 atom stereocenters. The van der Waals surface area contributed by atoms with Gasteiger partial charge in [0, 0.05) is 31.9 Å². The van der Waals surface area contributed by atoms with Gasteiger partial charge >= 0.3 is 0 Å². The maximum atomic E-state index is 12.5. The molecule has 1 aromatic carbocycles. The Bertz CT molecular complexity index is 659. The van der Waals surface area contributed by atoms with Crippen LogP contribution in [-0.2, 0) is 16.1 Å². The smallest absolute Gasteiger partial charge is 0.252 e. The second kappa shape index (κ2) is 7.15. The Morgan fingerprint density at radius 1 is 1.30 bits per heavy atom. The maximum Gasteiger partial charge on any atom is 0.252 e. The van der Waals surface area contributed by atoms with Crippen LogP contribution in [0.4, 0.5) is 0 Å². The number of methoxy groups -OCH3 is 1. The molecule has 2 N–H and O–H groups in total. The minimum atomic E-state index is -0.647. The number of carbonyl (C=O) groups excluding carboxylic acids is 1.